The van der Waals surface area contributed by atoms with Crippen molar-refractivity contribution in [2.45, 2.75) is 20.8 Å². The van der Waals surface area contributed by atoms with Gasteiger partial charge in [0.15, 0.2) is 5.65 Å². The predicted molar refractivity (Wildman–Crippen MR) is 108 cm³/mol. The van der Waals surface area contributed by atoms with Crippen molar-refractivity contribution >= 4 is 28.6 Å². The summed E-state index contributed by atoms with van der Waals surface area (Å²) in [5, 5.41) is 13.3. The Hall–Kier alpha value is -3.65. The van der Waals surface area contributed by atoms with Crippen LogP contribution in [-0.2, 0) is 0 Å². The van der Waals surface area contributed by atoms with Crippen LogP contribution < -0.4 is 16.1 Å². The Bertz CT molecular complexity index is 1360. The Morgan fingerprint density at radius 3 is 2.63 bits per heavy atom. The molecule has 27 heavy (non-hydrogen) atoms. The van der Waals surface area contributed by atoms with E-state index in [0.717, 1.165) is 5.69 Å². The Kier molecular flexibility index (Phi) is 3.89. The quantitative estimate of drug-likeness (QED) is 0.600. The molecule has 0 aliphatic rings. The van der Waals surface area contributed by atoms with Gasteiger partial charge in [0, 0.05) is 11.9 Å². The van der Waals surface area contributed by atoms with E-state index >= 15 is 0 Å². The summed E-state index contributed by atoms with van der Waals surface area (Å²) in [6.07, 6.45) is 1.68. The minimum Gasteiger partial charge on any atom is -0.361 e. The molecule has 2 aromatic heterocycles. The van der Waals surface area contributed by atoms with E-state index in [1.54, 1.807) is 13.1 Å². The van der Waals surface area contributed by atoms with Crippen LogP contribution in [0.25, 0.3) is 22.9 Å². The summed E-state index contributed by atoms with van der Waals surface area (Å²) >= 11 is 0. The van der Waals surface area contributed by atoms with Gasteiger partial charge >= 0.3 is 0 Å². The van der Waals surface area contributed by atoms with Crippen LogP contribution in [0.2, 0.25) is 0 Å². The first-order chi connectivity index (χ1) is 13.0. The van der Waals surface area contributed by atoms with Crippen LogP contribution in [0.15, 0.2) is 47.3 Å². The monoisotopic (exact) mass is 354 g/mol. The number of nitrogens with zero attached hydrogens (tertiary/aromatic N) is 3. The van der Waals surface area contributed by atoms with Crippen molar-refractivity contribution in [3.05, 3.63) is 80.3 Å². The molecule has 0 aliphatic carbocycles. The molecule has 2 heterocycles. The molecule has 1 N–H and O–H groups in total. The molecule has 4 aromatic rings. The Morgan fingerprint density at radius 1 is 1.11 bits per heavy atom. The third kappa shape index (κ3) is 2.63. The van der Waals surface area contributed by atoms with E-state index in [9.17, 15) is 10.1 Å². The number of hydrogen-bond acceptors (Lipinski definition) is 4. The number of anilines is 1. The lowest BCUT2D eigenvalue weighted by Gasteiger charge is -2.06. The molecule has 5 nitrogen and oxygen atoms in total. The van der Waals surface area contributed by atoms with E-state index in [1.807, 2.05) is 49.4 Å². The van der Waals surface area contributed by atoms with Crippen molar-refractivity contribution in [1.29, 1.82) is 5.26 Å². The summed E-state index contributed by atoms with van der Waals surface area (Å²) in [7, 11) is 0. The molecule has 2 aromatic carbocycles. The SMILES string of the molecule is Cc1ccc(N/C=c2/c(C)c(C#N)c3nc4ccccc4n3c2=O)cc1C. The summed E-state index contributed by atoms with van der Waals surface area (Å²) < 4.78 is 1.52. The highest BCUT2D eigenvalue weighted by atomic mass is 16.1. The molecule has 5 heteroatoms. The van der Waals surface area contributed by atoms with Crippen molar-refractivity contribution in [3.8, 4) is 6.07 Å². The number of aryl methyl sites for hydroxylation is 2. The van der Waals surface area contributed by atoms with Gasteiger partial charge in [0.1, 0.15) is 6.07 Å². The highest BCUT2D eigenvalue weighted by Gasteiger charge is 2.15. The molecule has 0 fully saturated rings. The lowest BCUT2D eigenvalue weighted by molar-refractivity contribution is 1.10. The second-order valence-electron chi connectivity index (χ2n) is 6.68. The number of pyridine rings is 1. The normalized spacial score (nSPS) is 11.9. The number of imidazole rings is 1. The topological polar surface area (TPSA) is 70.2 Å². The van der Waals surface area contributed by atoms with E-state index in [-0.39, 0.29) is 5.56 Å². The van der Waals surface area contributed by atoms with Crippen LogP contribution in [0.1, 0.15) is 22.3 Å². The van der Waals surface area contributed by atoms with Gasteiger partial charge in [0.25, 0.3) is 5.56 Å². The second kappa shape index (κ2) is 6.26. The summed E-state index contributed by atoms with van der Waals surface area (Å²) in [5.41, 5.74) is 5.93. The van der Waals surface area contributed by atoms with Gasteiger partial charge in [-0.25, -0.2) is 4.98 Å². The number of nitrogens with one attached hydrogen (secondary N) is 1. The van der Waals surface area contributed by atoms with Crippen LogP contribution in [0, 0.1) is 32.1 Å². The third-order valence-corrected chi connectivity index (χ3v) is 5.00. The Labute approximate surface area is 156 Å². The molecule has 0 spiro atoms. The molecule has 0 amide bonds. The average molecular weight is 354 g/mol. The Morgan fingerprint density at radius 2 is 1.89 bits per heavy atom. The largest absolute Gasteiger partial charge is 0.361 e. The van der Waals surface area contributed by atoms with Gasteiger partial charge in [-0.05, 0) is 61.7 Å². The van der Waals surface area contributed by atoms with Crippen molar-refractivity contribution in [2.75, 3.05) is 5.32 Å². The molecule has 4 rings (SSSR count). The van der Waals surface area contributed by atoms with E-state index in [1.165, 1.54) is 15.5 Å². The van der Waals surface area contributed by atoms with Crippen LogP contribution in [0.4, 0.5) is 5.69 Å². The fourth-order valence-electron chi connectivity index (χ4n) is 3.27. The highest BCUT2D eigenvalue weighted by molar-refractivity contribution is 5.82. The standard InChI is InChI=1S/C22H18N4O/c1-13-8-9-16(10-14(13)2)24-12-18-15(3)17(11-23)21-25-19-6-4-5-7-20(19)26(21)22(18)27/h4-10,12,24H,1-3H3/b18-12-. The van der Waals surface area contributed by atoms with Crippen LogP contribution in [-0.4, -0.2) is 9.38 Å². The fourth-order valence-corrected chi connectivity index (χ4v) is 3.27. The van der Waals surface area contributed by atoms with Crippen molar-refractivity contribution in [2.24, 2.45) is 0 Å². The number of fused-ring (bicyclic) bond motifs is 3. The van der Waals surface area contributed by atoms with E-state index in [2.05, 4.69) is 23.3 Å². The van der Waals surface area contributed by atoms with Gasteiger partial charge in [0.2, 0.25) is 0 Å². The van der Waals surface area contributed by atoms with Crippen molar-refractivity contribution in [3.63, 3.8) is 0 Å². The number of aromatic nitrogens is 2. The zero-order valence-electron chi connectivity index (χ0n) is 15.4. The number of hydrogen-bond donors (Lipinski definition) is 1. The van der Waals surface area contributed by atoms with Crippen LogP contribution >= 0.6 is 0 Å². The third-order valence-electron chi connectivity index (χ3n) is 5.00. The number of benzene rings is 2. The van der Waals surface area contributed by atoms with E-state index in [4.69, 9.17) is 0 Å². The maximum absolute atomic E-state index is 13.2. The number of para-hydroxylation sites is 2. The molecule has 0 atom stereocenters. The summed E-state index contributed by atoms with van der Waals surface area (Å²) in [6.45, 7) is 5.88. The maximum atomic E-state index is 13.2. The lowest BCUT2D eigenvalue weighted by Crippen LogP contribution is -2.34. The summed E-state index contributed by atoms with van der Waals surface area (Å²) in [5.74, 6) is 0. The number of rotatable bonds is 2. The van der Waals surface area contributed by atoms with Gasteiger partial charge in [-0.3, -0.25) is 9.20 Å². The lowest BCUT2D eigenvalue weighted by atomic mass is 10.1. The highest BCUT2D eigenvalue weighted by Crippen LogP contribution is 2.18. The van der Waals surface area contributed by atoms with Gasteiger partial charge in [0.05, 0.1) is 21.8 Å². The molecule has 0 saturated carbocycles. The van der Waals surface area contributed by atoms with E-state index in [0.29, 0.717) is 33.0 Å². The minimum absolute atomic E-state index is 0.188. The van der Waals surface area contributed by atoms with Crippen LogP contribution in [0.5, 0.6) is 0 Å². The molecular weight excluding hydrogens is 336 g/mol. The molecule has 0 saturated heterocycles. The number of nitriles is 1. The molecule has 0 bridgehead atoms. The minimum atomic E-state index is -0.188. The van der Waals surface area contributed by atoms with Gasteiger partial charge in [-0.2, -0.15) is 5.26 Å². The average Bonchev–Trinajstić information content (AvgIpc) is 3.04. The fraction of sp³-hybridized carbons (Fsp3) is 0.136. The van der Waals surface area contributed by atoms with Gasteiger partial charge < -0.3 is 5.32 Å². The van der Waals surface area contributed by atoms with Crippen molar-refractivity contribution in [1.82, 2.24) is 9.38 Å². The molecule has 132 valence electrons. The first-order valence-corrected chi connectivity index (χ1v) is 8.69. The Balaban J connectivity index is 2.00. The molecular formula is C22H18N4O. The summed E-state index contributed by atoms with van der Waals surface area (Å²) in [4.78, 5) is 17.7. The van der Waals surface area contributed by atoms with Gasteiger partial charge in [-0.15, -0.1) is 0 Å². The first kappa shape index (κ1) is 16.8. The van der Waals surface area contributed by atoms with Crippen molar-refractivity contribution < 1.29 is 0 Å². The zero-order valence-corrected chi connectivity index (χ0v) is 15.4. The predicted octanol–water partition coefficient (Wildman–Crippen LogP) is 3.21. The first-order valence-electron chi connectivity index (χ1n) is 8.69. The van der Waals surface area contributed by atoms with E-state index < -0.39 is 0 Å². The second-order valence-corrected chi connectivity index (χ2v) is 6.68. The van der Waals surface area contributed by atoms with Gasteiger partial charge in [-0.1, -0.05) is 18.2 Å². The summed E-state index contributed by atoms with van der Waals surface area (Å²) in [6, 6.07) is 15.7. The smallest absolute Gasteiger partial charge is 0.265 e. The maximum Gasteiger partial charge on any atom is 0.265 e. The molecule has 0 unspecified atom stereocenters. The van der Waals surface area contributed by atoms with Crippen LogP contribution in [0.3, 0.4) is 0 Å². The zero-order chi connectivity index (χ0) is 19.1. The molecule has 0 radical (unpaired) electrons. The molecule has 0 aliphatic heterocycles.